The van der Waals surface area contributed by atoms with Crippen molar-refractivity contribution >= 4 is 5.78 Å². The van der Waals surface area contributed by atoms with Crippen LogP contribution in [0.1, 0.15) is 50.2 Å². The maximum Gasteiger partial charge on any atom is 0.133 e. The second kappa shape index (κ2) is 4.11. The molecule has 0 heterocycles. The first kappa shape index (κ1) is 11.8. The summed E-state index contributed by atoms with van der Waals surface area (Å²) in [5, 5.41) is 9.63. The zero-order valence-corrected chi connectivity index (χ0v) is 10.9. The van der Waals surface area contributed by atoms with Crippen LogP contribution in [0.15, 0.2) is 18.2 Å². The topological polar surface area (TPSA) is 37.3 Å². The van der Waals surface area contributed by atoms with Crippen LogP contribution in [-0.4, -0.2) is 10.9 Å². The Balaban J connectivity index is 2.10. The summed E-state index contributed by atoms with van der Waals surface area (Å²) < 4.78 is 0. The molecule has 0 spiro atoms. The summed E-state index contributed by atoms with van der Waals surface area (Å²) >= 11 is 0. The van der Waals surface area contributed by atoms with E-state index in [2.05, 4.69) is 13.0 Å². The number of hydrogen-bond acceptors (Lipinski definition) is 2. The number of carbonyl (C=O) groups is 1. The van der Waals surface area contributed by atoms with Gasteiger partial charge in [-0.1, -0.05) is 13.0 Å². The summed E-state index contributed by atoms with van der Waals surface area (Å²) in [7, 11) is 0. The Morgan fingerprint density at radius 3 is 3.00 bits per heavy atom. The minimum absolute atomic E-state index is 0.190. The molecule has 2 nitrogen and oxygen atoms in total. The molecule has 2 heteroatoms. The van der Waals surface area contributed by atoms with Gasteiger partial charge in [-0.25, -0.2) is 0 Å². The first-order valence-electron chi connectivity index (χ1n) is 7.00. The molecule has 1 fully saturated rings. The van der Waals surface area contributed by atoms with Crippen LogP contribution < -0.4 is 0 Å². The molecule has 3 rings (SSSR count). The van der Waals surface area contributed by atoms with Crippen molar-refractivity contribution < 1.29 is 9.90 Å². The highest BCUT2D eigenvalue weighted by molar-refractivity contribution is 5.80. The van der Waals surface area contributed by atoms with Gasteiger partial charge in [0.05, 0.1) is 0 Å². The molecule has 2 aliphatic rings. The highest BCUT2D eigenvalue weighted by Gasteiger charge is 2.46. The normalized spacial score (nSPS) is 30.7. The van der Waals surface area contributed by atoms with Gasteiger partial charge in [-0.05, 0) is 60.3 Å². The van der Waals surface area contributed by atoms with E-state index in [1.807, 2.05) is 6.07 Å². The maximum atomic E-state index is 11.7. The van der Waals surface area contributed by atoms with Crippen molar-refractivity contribution in [2.45, 2.75) is 50.9 Å². The molecule has 1 aromatic carbocycles. The zero-order chi connectivity index (χ0) is 12.8. The van der Waals surface area contributed by atoms with Crippen LogP contribution >= 0.6 is 0 Å². The third-order valence-corrected chi connectivity index (χ3v) is 5.12. The lowest BCUT2D eigenvalue weighted by Gasteiger charge is -2.48. The summed E-state index contributed by atoms with van der Waals surface area (Å²) in [6, 6.07) is 5.81. The van der Waals surface area contributed by atoms with Gasteiger partial charge < -0.3 is 5.11 Å². The minimum atomic E-state index is 0.190. The van der Waals surface area contributed by atoms with E-state index in [0.29, 0.717) is 17.5 Å². The zero-order valence-electron chi connectivity index (χ0n) is 10.9. The lowest BCUT2D eigenvalue weighted by Crippen LogP contribution is -2.43. The highest BCUT2D eigenvalue weighted by Crippen LogP contribution is 2.51. The van der Waals surface area contributed by atoms with Crippen LogP contribution in [0.4, 0.5) is 0 Å². The van der Waals surface area contributed by atoms with Gasteiger partial charge in [0, 0.05) is 12.8 Å². The van der Waals surface area contributed by atoms with Crippen LogP contribution in [0.2, 0.25) is 0 Å². The standard InChI is InChI=1S/C16H20O2/c1-2-16-8-7-14(18)10-12(16)4-3-11-9-13(17)5-6-15(11)16/h5-6,9,12,17H,2-4,7-8,10H2,1H3/t12-,16?/m1/s1. The van der Waals surface area contributed by atoms with Gasteiger partial charge in [0.1, 0.15) is 11.5 Å². The molecule has 0 aliphatic heterocycles. The maximum absolute atomic E-state index is 11.7. The lowest BCUT2D eigenvalue weighted by molar-refractivity contribution is -0.123. The van der Waals surface area contributed by atoms with E-state index in [4.69, 9.17) is 0 Å². The van der Waals surface area contributed by atoms with Gasteiger partial charge in [-0.15, -0.1) is 0 Å². The van der Waals surface area contributed by atoms with E-state index in [9.17, 15) is 9.90 Å². The Hall–Kier alpha value is -1.31. The molecular weight excluding hydrogens is 224 g/mol. The Morgan fingerprint density at radius 2 is 2.22 bits per heavy atom. The molecule has 96 valence electrons. The van der Waals surface area contributed by atoms with E-state index >= 15 is 0 Å². The van der Waals surface area contributed by atoms with Crippen LogP contribution in [0, 0.1) is 5.92 Å². The predicted octanol–water partition coefficient (Wildman–Crippen LogP) is 3.36. The summed E-state index contributed by atoms with van der Waals surface area (Å²) in [4.78, 5) is 11.7. The number of rotatable bonds is 1. The van der Waals surface area contributed by atoms with Gasteiger partial charge in [0.2, 0.25) is 0 Å². The van der Waals surface area contributed by atoms with Crippen molar-refractivity contribution in [2.75, 3.05) is 0 Å². The smallest absolute Gasteiger partial charge is 0.133 e. The van der Waals surface area contributed by atoms with Crippen molar-refractivity contribution in [3.8, 4) is 5.75 Å². The van der Waals surface area contributed by atoms with Gasteiger partial charge in [0.25, 0.3) is 0 Å². The number of phenolic OH excluding ortho intramolecular Hbond substituents is 1. The monoisotopic (exact) mass is 244 g/mol. The number of phenols is 1. The summed E-state index contributed by atoms with van der Waals surface area (Å²) in [5.41, 5.74) is 2.88. The minimum Gasteiger partial charge on any atom is -0.508 e. The SMILES string of the molecule is CCC12CCC(=O)C[C@H]1CCc1cc(O)ccc12. The number of aromatic hydroxyl groups is 1. The number of fused-ring (bicyclic) bond motifs is 3. The Labute approximate surface area is 108 Å². The van der Waals surface area contributed by atoms with Crippen LogP contribution in [0.3, 0.4) is 0 Å². The van der Waals surface area contributed by atoms with Crippen molar-refractivity contribution in [2.24, 2.45) is 5.92 Å². The number of aryl methyl sites for hydroxylation is 1. The third-order valence-electron chi connectivity index (χ3n) is 5.12. The van der Waals surface area contributed by atoms with Crippen LogP contribution in [-0.2, 0) is 16.6 Å². The van der Waals surface area contributed by atoms with E-state index in [-0.39, 0.29) is 5.41 Å². The molecule has 1 N–H and O–H groups in total. The summed E-state index contributed by atoms with van der Waals surface area (Å²) in [6.07, 6.45) is 5.67. The van der Waals surface area contributed by atoms with Gasteiger partial charge in [-0.3, -0.25) is 4.79 Å². The molecule has 0 bridgehead atoms. The molecular formula is C16H20O2. The predicted molar refractivity (Wildman–Crippen MR) is 70.7 cm³/mol. The first-order chi connectivity index (χ1) is 8.65. The van der Waals surface area contributed by atoms with E-state index < -0.39 is 0 Å². The van der Waals surface area contributed by atoms with Gasteiger partial charge in [-0.2, -0.15) is 0 Å². The molecule has 0 amide bonds. The van der Waals surface area contributed by atoms with Gasteiger partial charge in [0.15, 0.2) is 0 Å². The van der Waals surface area contributed by atoms with E-state index in [1.54, 1.807) is 6.07 Å². The van der Waals surface area contributed by atoms with Crippen molar-refractivity contribution in [1.82, 2.24) is 0 Å². The Morgan fingerprint density at radius 1 is 1.39 bits per heavy atom. The average molecular weight is 244 g/mol. The molecule has 1 unspecified atom stereocenters. The largest absolute Gasteiger partial charge is 0.508 e. The van der Waals surface area contributed by atoms with Crippen molar-refractivity contribution in [3.05, 3.63) is 29.3 Å². The van der Waals surface area contributed by atoms with E-state index in [1.165, 1.54) is 11.1 Å². The number of Topliss-reactive ketones (excluding diaryl/α,β-unsaturated/α-hetero) is 1. The number of ketones is 1. The lowest BCUT2D eigenvalue weighted by atomic mass is 9.56. The van der Waals surface area contributed by atoms with Crippen LogP contribution in [0.25, 0.3) is 0 Å². The summed E-state index contributed by atoms with van der Waals surface area (Å²) in [6.45, 7) is 2.24. The number of hydrogen-bond donors (Lipinski definition) is 1. The second-order valence-electron chi connectivity index (χ2n) is 5.83. The van der Waals surface area contributed by atoms with Crippen molar-refractivity contribution in [3.63, 3.8) is 0 Å². The van der Waals surface area contributed by atoms with Crippen LogP contribution in [0.5, 0.6) is 5.75 Å². The fraction of sp³-hybridized carbons (Fsp3) is 0.562. The average Bonchev–Trinajstić information content (AvgIpc) is 2.38. The molecule has 0 radical (unpaired) electrons. The van der Waals surface area contributed by atoms with Gasteiger partial charge >= 0.3 is 0 Å². The molecule has 1 saturated carbocycles. The quantitative estimate of drug-likeness (QED) is 0.822. The third kappa shape index (κ3) is 1.58. The molecule has 2 aliphatic carbocycles. The molecule has 1 aromatic rings. The Kier molecular flexibility index (Phi) is 2.69. The molecule has 18 heavy (non-hydrogen) atoms. The summed E-state index contributed by atoms with van der Waals surface area (Å²) in [5.74, 6) is 1.32. The number of benzene rings is 1. The van der Waals surface area contributed by atoms with Crippen molar-refractivity contribution in [1.29, 1.82) is 0 Å². The van der Waals surface area contributed by atoms with E-state index in [0.717, 1.165) is 38.5 Å². The number of carbonyl (C=O) groups excluding carboxylic acids is 1. The molecule has 0 aromatic heterocycles. The molecule has 2 atom stereocenters. The fourth-order valence-corrected chi connectivity index (χ4v) is 4.13. The molecule has 0 saturated heterocycles. The second-order valence-corrected chi connectivity index (χ2v) is 5.83. The highest BCUT2D eigenvalue weighted by atomic mass is 16.3. The first-order valence-corrected chi connectivity index (χ1v) is 7.00. The fourth-order valence-electron chi connectivity index (χ4n) is 4.13. The Bertz CT molecular complexity index is 492.